The van der Waals surface area contributed by atoms with E-state index in [1.165, 1.54) is 0 Å². The van der Waals surface area contributed by atoms with Crippen LogP contribution in [0.1, 0.15) is 30.6 Å². The van der Waals surface area contributed by atoms with Gasteiger partial charge in [-0.25, -0.2) is 0 Å². The number of nitrogens with zero attached hydrogens (tertiary/aromatic N) is 3. The van der Waals surface area contributed by atoms with Gasteiger partial charge in [0, 0.05) is 17.0 Å². The first-order chi connectivity index (χ1) is 8.58. The fourth-order valence-electron chi connectivity index (χ4n) is 1.76. The zero-order valence-corrected chi connectivity index (χ0v) is 10.8. The largest absolute Gasteiger partial charge is 0.393 e. The number of aryl methyl sites for hydroxylation is 2. The molecular formula is C13H17N3O2. The molecule has 0 aliphatic heterocycles. The molecule has 0 saturated carbocycles. The Labute approximate surface area is 106 Å². The Bertz CT molecular complexity index is 517. The second-order valence-corrected chi connectivity index (χ2v) is 4.42. The van der Waals surface area contributed by atoms with Crippen LogP contribution in [0, 0.1) is 13.8 Å². The molecule has 0 aliphatic carbocycles. The van der Waals surface area contributed by atoms with E-state index in [-0.39, 0.29) is 0 Å². The molecule has 2 rings (SSSR count). The number of aliphatic hydroxyl groups excluding tert-OH is 1. The van der Waals surface area contributed by atoms with Gasteiger partial charge in [0.25, 0.3) is 0 Å². The standard InChI is InChI=1S/C13H17N3O2/c1-4-11(17)7-12-15-13(16-18-12)10-5-8(2)14-9(3)6-10/h5-6,11,17H,4,7H2,1-3H3. The Morgan fingerprint density at radius 3 is 2.50 bits per heavy atom. The van der Waals surface area contributed by atoms with Crippen LogP contribution in [0.3, 0.4) is 0 Å². The Kier molecular flexibility index (Phi) is 3.72. The second kappa shape index (κ2) is 5.27. The van der Waals surface area contributed by atoms with Crippen LogP contribution < -0.4 is 0 Å². The molecule has 1 unspecified atom stereocenters. The van der Waals surface area contributed by atoms with Crippen molar-refractivity contribution < 1.29 is 9.63 Å². The molecule has 5 nitrogen and oxygen atoms in total. The minimum absolute atomic E-state index is 0.395. The van der Waals surface area contributed by atoms with Gasteiger partial charge in [0.1, 0.15) is 0 Å². The molecule has 0 saturated heterocycles. The van der Waals surface area contributed by atoms with Crippen LogP contribution in [-0.2, 0) is 6.42 Å². The lowest BCUT2D eigenvalue weighted by Crippen LogP contribution is -2.08. The summed E-state index contributed by atoms with van der Waals surface area (Å²) >= 11 is 0. The molecule has 2 aromatic heterocycles. The molecule has 0 spiro atoms. The highest BCUT2D eigenvalue weighted by atomic mass is 16.5. The third kappa shape index (κ3) is 2.92. The molecule has 0 bridgehead atoms. The second-order valence-electron chi connectivity index (χ2n) is 4.42. The van der Waals surface area contributed by atoms with Crippen molar-refractivity contribution in [3.63, 3.8) is 0 Å². The Morgan fingerprint density at radius 1 is 1.22 bits per heavy atom. The maximum atomic E-state index is 9.54. The summed E-state index contributed by atoms with van der Waals surface area (Å²) in [5.41, 5.74) is 2.73. The summed E-state index contributed by atoms with van der Waals surface area (Å²) in [6.07, 6.45) is 0.636. The van der Waals surface area contributed by atoms with Gasteiger partial charge in [0.15, 0.2) is 0 Å². The quantitative estimate of drug-likeness (QED) is 0.895. The molecule has 1 N–H and O–H groups in total. The topological polar surface area (TPSA) is 72.0 Å². The first-order valence-corrected chi connectivity index (χ1v) is 6.04. The Hall–Kier alpha value is -1.75. The summed E-state index contributed by atoms with van der Waals surface area (Å²) in [7, 11) is 0. The van der Waals surface area contributed by atoms with Gasteiger partial charge in [-0.05, 0) is 32.4 Å². The molecule has 5 heteroatoms. The number of rotatable bonds is 4. The maximum Gasteiger partial charge on any atom is 0.229 e. The molecule has 2 heterocycles. The number of hydrogen-bond donors (Lipinski definition) is 1. The van der Waals surface area contributed by atoms with E-state index in [2.05, 4.69) is 15.1 Å². The molecular weight excluding hydrogens is 230 g/mol. The van der Waals surface area contributed by atoms with Crippen molar-refractivity contribution in [3.8, 4) is 11.4 Å². The van der Waals surface area contributed by atoms with Crippen molar-refractivity contribution in [2.75, 3.05) is 0 Å². The van der Waals surface area contributed by atoms with Gasteiger partial charge in [-0.15, -0.1) is 0 Å². The lowest BCUT2D eigenvalue weighted by Gasteiger charge is -2.01. The fraction of sp³-hybridized carbons (Fsp3) is 0.462. The van der Waals surface area contributed by atoms with Crippen LogP contribution in [0.2, 0.25) is 0 Å². The van der Waals surface area contributed by atoms with Gasteiger partial charge in [0.05, 0.1) is 12.5 Å². The van der Waals surface area contributed by atoms with Crippen LogP contribution in [0.5, 0.6) is 0 Å². The number of aromatic nitrogens is 3. The summed E-state index contributed by atoms with van der Waals surface area (Å²) in [5.74, 6) is 1.01. The molecule has 0 aliphatic rings. The third-order valence-corrected chi connectivity index (χ3v) is 2.69. The molecule has 0 aromatic carbocycles. The van der Waals surface area contributed by atoms with E-state index < -0.39 is 6.10 Å². The molecule has 96 valence electrons. The van der Waals surface area contributed by atoms with Crippen LogP contribution in [0.15, 0.2) is 16.7 Å². The van der Waals surface area contributed by atoms with Crippen LogP contribution in [0.4, 0.5) is 0 Å². The van der Waals surface area contributed by atoms with Gasteiger partial charge >= 0.3 is 0 Å². The minimum Gasteiger partial charge on any atom is -0.393 e. The van der Waals surface area contributed by atoms with Gasteiger partial charge < -0.3 is 9.63 Å². The minimum atomic E-state index is -0.431. The predicted octanol–water partition coefficient (Wildman–Crippen LogP) is 2.06. The van der Waals surface area contributed by atoms with E-state index in [9.17, 15) is 5.11 Å². The highest BCUT2D eigenvalue weighted by molar-refractivity contribution is 5.55. The van der Waals surface area contributed by atoms with Gasteiger partial charge in [-0.2, -0.15) is 4.98 Å². The van der Waals surface area contributed by atoms with Crippen molar-refractivity contribution in [2.45, 2.75) is 39.7 Å². The smallest absolute Gasteiger partial charge is 0.229 e. The van der Waals surface area contributed by atoms with E-state index in [0.717, 1.165) is 17.0 Å². The lowest BCUT2D eigenvalue weighted by atomic mass is 10.2. The average Bonchev–Trinajstić information content (AvgIpc) is 2.76. The van der Waals surface area contributed by atoms with Crippen molar-refractivity contribution in [1.82, 2.24) is 15.1 Å². The number of hydrogen-bond acceptors (Lipinski definition) is 5. The summed E-state index contributed by atoms with van der Waals surface area (Å²) in [6, 6.07) is 3.83. The molecule has 0 fully saturated rings. The van der Waals surface area contributed by atoms with E-state index in [0.29, 0.717) is 24.6 Å². The van der Waals surface area contributed by atoms with Gasteiger partial charge in [-0.1, -0.05) is 12.1 Å². The van der Waals surface area contributed by atoms with Crippen molar-refractivity contribution in [2.24, 2.45) is 0 Å². The monoisotopic (exact) mass is 247 g/mol. The van der Waals surface area contributed by atoms with Crippen LogP contribution >= 0.6 is 0 Å². The summed E-state index contributed by atoms with van der Waals surface area (Å²) in [5, 5.41) is 13.5. The van der Waals surface area contributed by atoms with E-state index in [4.69, 9.17) is 4.52 Å². The first kappa shape index (κ1) is 12.7. The maximum absolute atomic E-state index is 9.54. The van der Waals surface area contributed by atoms with Crippen LogP contribution in [-0.4, -0.2) is 26.3 Å². The lowest BCUT2D eigenvalue weighted by molar-refractivity contribution is 0.158. The molecule has 18 heavy (non-hydrogen) atoms. The molecule has 0 amide bonds. The highest BCUT2D eigenvalue weighted by Crippen LogP contribution is 2.18. The normalized spacial score (nSPS) is 12.7. The summed E-state index contributed by atoms with van der Waals surface area (Å²) < 4.78 is 5.13. The zero-order valence-electron chi connectivity index (χ0n) is 10.8. The Balaban J connectivity index is 2.23. The Morgan fingerprint density at radius 2 is 1.89 bits per heavy atom. The fourth-order valence-corrected chi connectivity index (χ4v) is 1.76. The first-order valence-electron chi connectivity index (χ1n) is 6.04. The summed E-state index contributed by atoms with van der Waals surface area (Å²) in [6.45, 7) is 5.77. The average molecular weight is 247 g/mol. The predicted molar refractivity (Wildman–Crippen MR) is 67.0 cm³/mol. The van der Waals surface area contributed by atoms with Crippen LogP contribution in [0.25, 0.3) is 11.4 Å². The van der Waals surface area contributed by atoms with E-state index >= 15 is 0 Å². The number of aliphatic hydroxyl groups is 1. The van der Waals surface area contributed by atoms with E-state index in [1.54, 1.807) is 0 Å². The van der Waals surface area contributed by atoms with Gasteiger partial charge in [-0.3, -0.25) is 4.98 Å². The van der Waals surface area contributed by atoms with Crippen molar-refractivity contribution >= 4 is 0 Å². The van der Waals surface area contributed by atoms with Crippen molar-refractivity contribution in [1.29, 1.82) is 0 Å². The molecule has 2 aromatic rings. The highest BCUT2D eigenvalue weighted by Gasteiger charge is 2.12. The SMILES string of the molecule is CCC(O)Cc1nc(-c2cc(C)nc(C)c2)no1. The summed E-state index contributed by atoms with van der Waals surface area (Å²) in [4.78, 5) is 8.59. The third-order valence-electron chi connectivity index (χ3n) is 2.69. The van der Waals surface area contributed by atoms with Gasteiger partial charge in [0.2, 0.25) is 11.7 Å². The zero-order chi connectivity index (χ0) is 13.1. The molecule has 1 atom stereocenters. The molecule has 0 radical (unpaired) electrons. The number of pyridine rings is 1. The van der Waals surface area contributed by atoms with E-state index in [1.807, 2.05) is 32.9 Å². The van der Waals surface area contributed by atoms with Crippen molar-refractivity contribution in [3.05, 3.63) is 29.4 Å².